The number of nitrogens with zero attached hydrogens (tertiary/aromatic N) is 1. The topological polar surface area (TPSA) is 58.6 Å². The van der Waals surface area contributed by atoms with Crippen molar-refractivity contribution in [3.05, 3.63) is 59.9 Å². The van der Waals surface area contributed by atoms with Crippen molar-refractivity contribution in [2.75, 3.05) is 13.1 Å². The van der Waals surface area contributed by atoms with Crippen molar-refractivity contribution in [3.63, 3.8) is 0 Å². The first-order valence-corrected chi connectivity index (χ1v) is 10.1. The Bertz CT molecular complexity index is 821. The molecule has 1 fully saturated rings. The summed E-state index contributed by atoms with van der Waals surface area (Å²) in [4.78, 5) is 26.4. The van der Waals surface area contributed by atoms with Crippen LogP contribution in [0.4, 0.5) is 4.39 Å². The largest absolute Gasteiger partial charge is 0.457 e. The number of benzene rings is 2. The summed E-state index contributed by atoms with van der Waals surface area (Å²) < 4.78 is 18.6. The van der Waals surface area contributed by atoms with E-state index in [1.165, 1.54) is 12.1 Å². The average molecular weight is 398 g/mol. The van der Waals surface area contributed by atoms with Crippen molar-refractivity contribution in [1.82, 2.24) is 10.2 Å². The molecule has 1 aliphatic heterocycles. The number of likely N-dealkylation sites (tertiary alicyclic amines) is 1. The van der Waals surface area contributed by atoms with Crippen LogP contribution in [-0.2, 0) is 16.1 Å². The van der Waals surface area contributed by atoms with Gasteiger partial charge in [-0.15, -0.1) is 0 Å². The lowest BCUT2D eigenvalue weighted by atomic mass is 9.96. The van der Waals surface area contributed by atoms with Crippen molar-refractivity contribution < 1.29 is 18.7 Å². The van der Waals surface area contributed by atoms with Gasteiger partial charge in [-0.05, 0) is 61.2 Å². The number of halogens is 1. The van der Waals surface area contributed by atoms with Crippen LogP contribution in [0.25, 0.3) is 0 Å². The normalized spacial score (nSPS) is 16.3. The molecule has 0 unspecified atom stereocenters. The molecular weight excluding hydrogens is 371 g/mol. The van der Waals surface area contributed by atoms with Crippen LogP contribution in [0.3, 0.4) is 0 Å². The van der Waals surface area contributed by atoms with E-state index in [1.54, 1.807) is 12.1 Å². The molecule has 0 spiro atoms. The average Bonchev–Trinajstić information content (AvgIpc) is 2.75. The number of rotatable bonds is 7. The molecule has 5 nitrogen and oxygen atoms in total. The third kappa shape index (κ3) is 6.04. The predicted octanol–water partition coefficient (Wildman–Crippen LogP) is 4.27. The molecule has 6 heteroatoms. The molecule has 2 aromatic carbocycles. The minimum absolute atomic E-state index is 0.00867. The molecule has 0 bridgehead atoms. The Balaban J connectivity index is 1.48. The molecule has 2 aromatic rings. The fraction of sp³-hybridized carbons (Fsp3) is 0.391. The Morgan fingerprint density at radius 2 is 1.76 bits per heavy atom. The Labute approximate surface area is 170 Å². The number of nitrogens with one attached hydrogen (secondary N) is 1. The van der Waals surface area contributed by atoms with E-state index in [9.17, 15) is 14.0 Å². The van der Waals surface area contributed by atoms with Gasteiger partial charge < -0.3 is 15.0 Å². The van der Waals surface area contributed by atoms with Crippen LogP contribution in [-0.4, -0.2) is 29.8 Å². The smallest absolute Gasteiger partial charge is 0.225 e. The molecule has 1 aliphatic rings. The predicted molar refractivity (Wildman–Crippen MR) is 109 cm³/mol. The zero-order valence-corrected chi connectivity index (χ0v) is 16.7. The molecule has 0 aromatic heterocycles. The van der Waals surface area contributed by atoms with Crippen LogP contribution in [0.5, 0.6) is 11.5 Å². The maximum Gasteiger partial charge on any atom is 0.225 e. The number of ether oxygens (including phenoxy) is 1. The summed E-state index contributed by atoms with van der Waals surface area (Å²) in [7, 11) is 0. The number of hydrogen-bond acceptors (Lipinski definition) is 3. The summed E-state index contributed by atoms with van der Waals surface area (Å²) in [6.07, 6.45) is 3.04. The molecular formula is C23H27FN2O3. The van der Waals surface area contributed by atoms with E-state index in [0.29, 0.717) is 31.0 Å². The monoisotopic (exact) mass is 398 g/mol. The van der Waals surface area contributed by atoms with E-state index in [-0.39, 0.29) is 23.5 Å². The fourth-order valence-electron chi connectivity index (χ4n) is 3.44. The summed E-state index contributed by atoms with van der Waals surface area (Å²) in [5.41, 5.74) is 0.958. The van der Waals surface area contributed by atoms with E-state index in [0.717, 1.165) is 31.4 Å². The summed E-state index contributed by atoms with van der Waals surface area (Å²) in [5, 5.41) is 2.98. The SMILES string of the molecule is CCCC(=O)N1CCC[C@@H](C(=O)NCc2ccc(Oc3ccc(F)cc3)cc2)C1. The first-order valence-electron chi connectivity index (χ1n) is 10.1. The number of piperidine rings is 1. The molecule has 1 saturated heterocycles. The van der Waals surface area contributed by atoms with E-state index >= 15 is 0 Å². The Morgan fingerprint density at radius 1 is 1.10 bits per heavy atom. The molecule has 0 radical (unpaired) electrons. The second-order valence-corrected chi connectivity index (χ2v) is 7.35. The molecule has 2 amide bonds. The van der Waals surface area contributed by atoms with E-state index in [1.807, 2.05) is 36.1 Å². The highest BCUT2D eigenvalue weighted by Gasteiger charge is 2.27. The Kier molecular flexibility index (Phi) is 7.22. The lowest BCUT2D eigenvalue weighted by Gasteiger charge is -2.32. The highest BCUT2D eigenvalue weighted by molar-refractivity contribution is 5.81. The van der Waals surface area contributed by atoms with Crippen LogP contribution in [0.15, 0.2) is 48.5 Å². The van der Waals surface area contributed by atoms with Gasteiger partial charge in [0.15, 0.2) is 0 Å². The van der Waals surface area contributed by atoms with Crippen LogP contribution in [0.2, 0.25) is 0 Å². The number of hydrogen-bond donors (Lipinski definition) is 1. The van der Waals surface area contributed by atoms with Crippen LogP contribution in [0.1, 0.15) is 38.2 Å². The molecule has 0 aliphatic carbocycles. The van der Waals surface area contributed by atoms with Crippen molar-refractivity contribution >= 4 is 11.8 Å². The minimum Gasteiger partial charge on any atom is -0.457 e. The fourth-order valence-corrected chi connectivity index (χ4v) is 3.44. The van der Waals surface area contributed by atoms with Crippen LogP contribution >= 0.6 is 0 Å². The maximum atomic E-state index is 12.9. The van der Waals surface area contributed by atoms with Crippen molar-refractivity contribution in [2.24, 2.45) is 5.92 Å². The molecule has 1 atom stereocenters. The van der Waals surface area contributed by atoms with Gasteiger partial charge in [0.1, 0.15) is 17.3 Å². The summed E-state index contributed by atoms with van der Waals surface area (Å²) in [5.74, 6) is 0.883. The molecule has 1 heterocycles. The lowest BCUT2D eigenvalue weighted by Crippen LogP contribution is -2.45. The van der Waals surface area contributed by atoms with Gasteiger partial charge in [-0.1, -0.05) is 19.1 Å². The highest BCUT2D eigenvalue weighted by atomic mass is 19.1. The van der Waals surface area contributed by atoms with Gasteiger partial charge in [-0.2, -0.15) is 0 Å². The Hall–Kier alpha value is -2.89. The first kappa shape index (κ1) is 20.8. The van der Waals surface area contributed by atoms with E-state index in [4.69, 9.17) is 4.74 Å². The zero-order chi connectivity index (χ0) is 20.6. The third-order valence-electron chi connectivity index (χ3n) is 5.05. The lowest BCUT2D eigenvalue weighted by molar-refractivity contribution is -0.135. The maximum absolute atomic E-state index is 12.9. The van der Waals surface area contributed by atoms with Crippen molar-refractivity contribution in [1.29, 1.82) is 0 Å². The molecule has 3 rings (SSSR count). The number of amides is 2. The summed E-state index contributed by atoms with van der Waals surface area (Å²) in [6, 6.07) is 13.2. The van der Waals surface area contributed by atoms with Crippen molar-refractivity contribution in [2.45, 2.75) is 39.2 Å². The highest BCUT2D eigenvalue weighted by Crippen LogP contribution is 2.22. The van der Waals surface area contributed by atoms with Crippen LogP contribution < -0.4 is 10.1 Å². The van der Waals surface area contributed by atoms with Gasteiger partial charge in [-0.3, -0.25) is 9.59 Å². The number of carbonyl (C=O) groups is 2. The summed E-state index contributed by atoms with van der Waals surface area (Å²) >= 11 is 0. The Morgan fingerprint density at radius 3 is 2.41 bits per heavy atom. The van der Waals surface area contributed by atoms with Gasteiger partial charge in [0.05, 0.1) is 5.92 Å². The second kappa shape index (κ2) is 10.0. The van der Waals surface area contributed by atoms with Gasteiger partial charge in [-0.25, -0.2) is 4.39 Å². The number of carbonyl (C=O) groups excluding carboxylic acids is 2. The zero-order valence-electron chi connectivity index (χ0n) is 16.7. The van der Waals surface area contributed by atoms with Crippen molar-refractivity contribution in [3.8, 4) is 11.5 Å². The molecule has 29 heavy (non-hydrogen) atoms. The van der Waals surface area contributed by atoms with Crippen LogP contribution in [0, 0.1) is 11.7 Å². The van der Waals surface area contributed by atoms with Gasteiger partial charge in [0, 0.05) is 26.1 Å². The molecule has 1 N–H and O–H groups in total. The molecule has 154 valence electrons. The first-order chi connectivity index (χ1) is 14.0. The van der Waals surface area contributed by atoms with Gasteiger partial charge >= 0.3 is 0 Å². The van der Waals surface area contributed by atoms with E-state index < -0.39 is 0 Å². The van der Waals surface area contributed by atoms with Gasteiger partial charge in [0.2, 0.25) is 11.8 Å². The summed E-state index contributed by atoms with van der Waals surface area (Å²) in [6.45, 7) is 3.67. The standard InChI is InChI=1S/C23H27FN2O3/c1-2-4-22(27)26-14-3-5-18(16-26)23(28)25-15-17-6-10-20(11-7-17)29-21-12-8-19(24)9-13-21/h6-13,18H,2-5,14-16H2,1H3,(H,25,28)/t18-/m1/s1. The van der Waals surface area contributed by atoms with Gasteiger partial charge in [0.25, 0.3) is 0 Å². The molecule has 0 saturated carbocycles. The second-order valence-electron chi connectivity index (χ2n) is 7.35. The third-order valence-corrected chi connectivity index (χ3v) is 5.05. The quantitative estimate of drug-likeness (QED) is 0.758. The minimum atomic E-state index is -0.306. The van der Waals surface area contributed by atoms with E-state index in [2.05, 4.69) is 5.32 Å².